The van der Waals surface area contributed by atoms with E-state index in [4.69, 9.17) is 4.74 Å². The van der Waals surface area contributed by atoms with Crippen molar-refractivity contribution in [3.63, 3.8) is 0 Å². The van der Waals surface area contributed by atoms with Gasteiger partial charge in [-0.2, -0.15) is 0 Å². The SMILES string of the molecule is COCc1cccc(NC(=O)C2Cc3ccccc3N2)c1. The molecule has 1 heterocycles. The van der Waals surface area contributed by atoms with Gasteiger partial charge < -0.3 is 15.4 Å². The Kier molecular flexibility index (Phi) is 3.88. The smallest absolute Gasteiger partial charge is 0.247 e. The van der Waals surface area contributed by atoms with E-state index in [1.807, 2.05) is 42.5 Å². The van der Waals surface area contributed by atoms with E-state index in [9.17, 15) is 4.79 Å². The number of rotatable bonds is 4. The van der Waals surface area contributed by atoms with E-state index in [1.165, 1.54) is 5.56 Å². The van der Waals surface area contributed by atoms with Crippen molar-refractivity contribution in [1.29, 1.82) is 0 Å². The van der Waals surface area contributed by atoms with Gasteiger partial charge in [-0.15, -0.1) is 0 Å². The summed E-state index contributed by atoms with van der Waals surface area (Å²) in [6.07, 6.45) is 0.722. The van der Waals surface area contributed by atoms with Gasteiger partial charge in [0.2, 0.25) is 5.91 Å². The second kappa shape index (κ2) is 5.97. The van der Waals surface area contributed by atoms with Gasteiger partial charge in [0, 0.05) is 24.9 Å². The van der Waals surface area contributed by atoms with E-state index in [0.29, 0.717) is 6.61 Å². The quantitative estimate of drug-likeness (QED) is 0.906. The fourth-order valence-corrected chi connectivity index (χ4v) is 2.59. The van der Waals surface area contributed by atoms with Gasteiger partial charge in [-0.05, 0) is 29.3 Å². The zero-order valence-electron chi connectivity index (χ0n) is 11.9. The molecule has 1 aliphatic heterocycles. The lowest BCUT2D eigenvalue weighted by Gasteiger charge is -2.12. The van der Waals surface area contributed by atoms with Gasteiger partial charge in [-0.1, -0.05) is 30.3 Å². The lowest BCUT2D eigenvalue weighted by atomic mass is 10.1. The molecule has 0 aliphatic carbocycles. The molecule has 1 aliphatic rings. The predicted octanol–water partition coefficient (Wildman–Crippen LogP) is 2.81. The van der Waals surface area contributed by atoms with E-state index in [2.05, 4.69) is 16.7 Å². The van der Waals surface area contributed by atoms with E-state index in [-0.39, 0.29) is 11.9 Å². The van der Waals surface area contributed by atoms with Crippen LogP contribution in [0.5, 0.6) is 0 Å². The summed E-state index contributed by atoms with van der Waals surface area (Å²) in [5.74, 6) is -0.0132. The molecule has 0 radical (unpaired) electrons. The summed E-state index contributed by atoms with van der Waals surface area (Å²) in [6, 6.07) is 15.5. The average molecular weight is 282 g/mol. The molecule has 3 rings (SSSR count). The number of methoxy groups -OCH3 is 1. The fraction of sp³-hybridized carbons (Fsp3) is 0.235. The van der Waals surface area contributed by atoms with Gasteiger partial charge in [0.25, 0.3) is 0 Å². The number of hydrogen-bond acceptors (Lipinski definition) is 3. The summed E-state index contributed by atoms with van der Waals surface area (Å²) in [4.78, 5) is 12.3. The van der Waals surface area contributed by atoms with E-state index in [0.717, 1.165) is 23.4 Å². The monoisotopic (exact) mass is 282 g/mol. The zero-order valence-corrected chi connectivity index (χ0v) is 11.9. The molecule has 0 spiro atoms. The van der Waals surface area contributed by atoms with Gasteiger partial charge in [0.1, 0.15) is 6.04 Å². The standard InChI is InChI=1S/C17H18N2O2/c1-21-11-12-5-4-7-14(9-12)18-17(20)16-10-13-6-2-3-8-15(13)19-16/h2-9,16,19H,10-11H2,1H3,(H,18,20). The topological polar surface area (TPSA) is 50.4 Å². The Morgan fingerprint density at radius 1 is 1.29 bits per heavy atom. The molecule has 0 fully saturated rings. The number of hydrogen-bond donors (Lipinski definition) is 2. The molecule has 1 amide bonds. The highest BCUT2D eigenvalue weighted by atomic mass is 16.5. The van der Waals surface area contributed by atoms with E-state index in [1.54, 1.807) is 7.11 Å². The number of anilines is 2. The normalized spacial score (nSPS) is 16.1. The van der Waals surface area contributed by atoms with Crippen LogP contribution in [0.15, 0.2) is 48.5 Å². The minimum Gasteiger partial charge on any atom is -0.380 e. The van der Waals surface area contributed by atoms with Crippen molar-refractivity contribution in [2.24, 2.45) is 0 Å². The Morgan fingerprint density at radius 2 is 2.14 bits per heavy atom. The third-order valence-corrected chi connectivity index (χ3v) is 3.59. The summed E-state index contributed by atoms with van der Waals surface area (Å²) in [7, 11) is 1.66. The van der Waals surface area contributed by atoms with Crippen LogP contribution in [0.1, 0.15) is 11.1 Å². The second-order valence-corrected chi connectivity index (χ2v) is 5.18. The predicted molar refractivity (Wildman–Crippen MR) is 83.3 cm³/mol. The molecular formula is C17H18N2O2. The number of para-hydroxylation sites is 1. The highest BCUT2D eigenvalue weighted by molar-refractivity contribution is 5.98. The van der Waals surface area contributed by atoms with E-state index < -0.39 is 0 Å². The van der Waals surface area contributed by atoms with Crippen LogP contribution in [0.2, 0.25) is 0 Å². The zero-order chi connectivity index (χ0) is 14.7. The second-order valence-electron chi connectivity index (χ2n) is 5.18. The number of carbonyl (C=O) groups is 1. The molecule has 21 heavy (non-hydrogen) atoms. The Bertz CT molecular complexity index is 630. The molecular weight excluding hydrogens is 264 g/mol. The van der Waals surface area contributed by atoms with Crippen molar-refractivity contribution in [3.05, 3.63) is 59.7 Å². The van der Waals surface area contributed by atoms with Crippen LogP contribution in [0.3, 0.4) is 0 Å². The van der Waals surface area contributed by atoms with Crippen molar-refractivity contribution in [3.8, 4) is 0 Å². The molecule has 0 saturated heterocycles. The number of benzene rings is 2. The minimum atomic E-state index is -0.214. The van der Waals surface area contributed by atoms with Crippen LogP contribution in [0, 0.1) is 0 Å². The third kappa shape index (κ3) is 3.06. The summed E-state index contributed by atoms with van der Waals surface area (Å²) in [6.45, 7) is 0.539. The highest BCUT2D eigenvalue weighted by Crippen LogP contribution is 2.25. The first-order chi connectivity index (χ1) is 10.3. The van der Waals surface area contributed by atoms with Gasteiger partial charge >= 0.3 is 0 Å². The van der Waals surface area contributed by atoms with Gasteiger partial charge in [0.15, 0.2) is 0 Å². The maximum absolute atomic E-state index is 12.3. The van der Waals surface area contributed by atoms with Crippen LogP contribution in [0.4, 0.5) is 11.4 Å². The Hall–Kier alpha value is -2.33. The number of carbonyl (C=O) groups excluding carboxylic acids is 1. The lowest BCUT2D eigenvalue weighted by Crippen LogP contribution is -2.32. The fourth-order valence-electron chi connectivity index (χ4n) is 2.59. The molecule has 4 nitrogen and oxygen atoms in total. The molecule has 2 aromatic carbocycles. The summed E-state index contributed by atoms with van der Waals surface area (Å²) in [5, 5.41) is 6.22. The van der Waals surface area contributed by atoms with Crippen molar-refractivity contribution >= 4 is 17.3 Å². The first kappa shape index (κ1) is 13.6. The number of fused-ring (bicyclic) bond motifs is 1. The van der Waals surface area contributed by atoms with Crippen molar-refractivity contribution < 1.29 is 9.53 Å². The molecule has 2 aromatic rings. The molecule has 0 bridgehead atoms. The molecule has 0 saturated carbocycles. The van der Waals surface area contributed by atoms with Gasteiger partial charge in [0.05, 0.1) is 6.61 Å². The molecule has 1 atom stereocenters. The molecule has 2 N–H and O–H groups in total. The largest absolute Gasteiger partial charge is 0.380 e. The van der Waals surface area contributed by atoms with Crippen molar-refractivity contribution in [1.82, 2.24) is 0 Å². The first-order valence-corrected chi connectivity index (χ1v) is 6.99. The highest BCUT2D eigenvalue weighted by Gasteiger charge is 2.26. The summed E-state index contributed by atoms with van der Waals surface area (Å²) >= 11 is 0. The Morgan fingerprint density at radius 3 is 2.95 bits per heavy atom. The van der Waals surface area contributed by atoms with Crippen LogP contribution in [0.25, 0.3) is 0 Å². The number of amides is 1. The Labute approximate surface area is 124 Å². The first-order valence-electron chi connectivity index (χ1n) is 6.99. The molecule has 0 aromatic heterocycles. The van der Waals surface area contributed by atoms with Crippen molar-refractivity contribution in [2.45, 2.75) is 19.1 Å². The number of nitrogens with one attached hydrogen (secondary N) is 2. The maximum atomic E-state index is 12.3. The summed E-state index contributed by atoms with van der Waals surface area (Å²) < 4.78 is 5.10. The average Bonchev–Trinajstić information content (AvgIpc) is 2.92. The molecule has 1 unspecified atom stereocenters. The Balaban J connectivity index is 1.66. The van der Waals surface area contributed by atoms with Gasteiger partial charge in [-0.25, -0.2) is 0 Å². The molecule has 108 valence electrons. The van der Waals surface area contributed by atoms with Crippen molar-refractivity contribution in [2.75, 3.05) is 17.7 Å². The lowest BCUT2D eigenvalue weighted by molar-refractivity contribution is -0.116. The van der Waals surface area contributed by atoms with Crippen LogP contribution in [-0.4, -0.2) is 19.1 Å². The van der Waals surface area contributed by atoms with Gasteiger partial charge in [-0.3, -0.25) is 4.79 Å². The summed E-state index contributed by atoms with van der Waals surface area (Å²) in [5.41, 5.74) is 4.07. The van der Waals surface area contributed by atoms with Crippen LogP contribution >= 0.6 is 0 Å². The molecule has 4 heteroatoms. The van der Waals surface area contributed by atoms with E-state index >= 15 is 0 Å². The van der Waals surface area contributed by atoms with Crippen LogP contribution < -0.4 is 10.6 Å². The maximum Gasteiger partial charge on any atom is 0.247 e. The number of ether oxygens (including phenoxy) is 1. The van der Waals surface area contributed by atoms with Crippen LogP contribution in [-0.2, 0) is 22.6 Å². The minimum absolute atomic E-state index is 0.0132. The third-order valence-electron chi connectivity index (χ3n) is 3.59.